The van der Waals surface area contributed by atoms with Gasteiger partial charge in [-0.25, -0.2) is 0 Å². The lowest BCUT2D eigenvalue weighted by Gasteiger charge is -1.99. The van der Waals surface area contributed by atoms with Crippen molar-refractivity contribution in [2.24, 2.45) is 17.4 Å². The first-order chi connectivity index (χ1) is 5.61. The fourth-order valence-corrected chi connectivity index (χ4v) is 1.07. The van der Waals surface area contributed by atoms with E-state index in [1.54, 1.807) is 0 Å². The van der Waals surface area contributed by atoms with Crippen molar-refractivity contribution in [1.82, 2.24) is 5.32 Å². The Labute approximate surface area is 69.8 Å². The van der Waals surface area contributed by atoms with E-state index >= 15 is 0 Å². The van der Waals surface area contributed by atoms with Crippen molar-refractivity contribution in [2.75, 3.05) is 6.54 Å². The molecule has 1 atom stereocenters. The fraction of sp³-hybridized carbons (Fsp3) is 0.429. The molecule has 0 spiro atoms. The molecule has 0 aliphatic carbocycles. The van der Waals surface area contributed by atoms with Crippen molar-refractivity contribution in [1.29, 1.82) is 0 Å². The molecule has 5 nitrogen and oxygen atoms in total. The highest BCUT2D eigenvalue weighted by atomic mass is 16.2. The molecule has 0 saturated carbocycles. The Kier molecular flexibility index (Phi) is 2.32. The van der Waals surface area contributed by atoms with Gasteiger partial charge in [-0.1, -0.05) is 0 Å². The van der Waals surface area contributed by atoms with Crippen LogP contribution in [0.5, 0.6) is 0 Å². The van der Waals surface area contributed by atoms with E-state index in [-0.39, 0.29) is 17.5 Å². The minimum absolute atomic E-state index is 0.0444. The second-order valence-electron chi connectivity index (χ2n) is 2.67. The summed E-state index contributed by atoms with van der Waals surface area (Å²) in [6, 6.07) is 0. The van der Waals surface area contributed by atoms with Crippen LogP contribution in [0.15, 0.2) is 11.8 Å². The van der Waals surface area contributed by atoms with Gasteiger partial charge in [0, 0.05) is 6.54 Å². The van der Waals surface area contributed by atoms with E-state index in [1.807, 2.05) is 0 Å². The Balaban J connectivity index is 2.66. The van der Waals surface area contributed by atoms with Gasteiger partial charge < -0.3 is 16.8 Å². The average molecular weight is 169 g/mol. The summed E-state index contributed by atoms with van der Waals surface area (Å²) in [6.07, 6.45) is 2.08. The van der Waals surface area contributed by atoms with Gasteiger partial charge >= 0.3 is 0 Å². The predicted molar refractivity (Wildman–Crippen MR) is 42.6 cm³/mol. The number of carbonyl (C=O) groups is 2. The van der Waals surface area contributed by atoms with E-state index in [2.05, 4.69) is 5.32 Å². The first-order valence-electron chi connectivity index (χ1n) is 3.66. The summed E-state index contributed by atoms with van der Waals surface area (Å²) < 4.78 is 0. The highest BCUT2D eigenvalue weighted by Gasteiger charge is 2.22. The number of amides is 2. The minimum Gasteiger partial charge on any atom is -0.395 e. The number of carbonyl (C=O) groups excluding carboxylic acids is 2. The maximum absolute atomic E-state index is 11.0. The van der Waals surface area contributed by atoms with Crippen LogP contribution in [0.3, 0.4) is 0 Å². The first-order valence-corrected chi connectivity index (χ1v) is 3.66. The average Bonchev–Trinajstić information content (AvgIpc) is 2.36. The van der Waals surface area contributed by atoms with E-state index < -0.39 is 5.91 Å². The normalized spacial score (nSPS) is 23.8. The summed E-state index contributed by atoms with van der Waals surface area (Å²) in [7, 11) is 0. The lowest BCUT2D eigenvalue weighted by Crippen LogP contribution is -2.23. The van der Waals surface area contributed by atoms with Crippen LogP contribution in [0.25, 0.3) is 0 Å². The Morgan fingerprint density at radius 3 is 2.67 bits per heavy atom. The molecular formula is C7H11N3O2. The molecule has 5 heteroatoms. The molecule has 0 aromatic carbocycles. The van der Waals surface area contributed by atoms with Gasteiger partial charge in [0.1, 0.15) is 0 Å². The van der Waals surface area contributed by atoms with Gasteiger partial charge in [0.25, 0.3) is 5.91 Å². The fourth-order valence-electron chi connectivity index (χ4n) is 1.07. The van der Waals surface area contributed by atoms with E-state index in [0.717, 1.165) is 0 Å². The predicted octanol–water partition coefficient (Wildman–Crippen LogP) is -1.55. The summed E-state index contributed by atoms with van der Waals surface area (Å²) in [4.78, 5) is 21.5. The lowest BCUT2D eigenvalue weighted by molar-refractivity contribution is -0.121. The summed E-state index contributed by atoms with van der Waals surface area (Å²) in [5.74, 6) is -1.08. The quantitative estimate of drug-likeness (QED) is 0.436. The zero-order valence-corrected chi connectivity index (χ0v) is 6.54. The van der Waals surface area contributed by atoms with Gasteiger partial charge in [-0.05, 0) is 12.5 Å². The Morgan fingerprint density at radius 1 is 1.58 bits per heavy atom. The third-order valence-electron chi connectivity index (χ3n) is 1.76. The smallest absolute Gasteiger partial charge is 0.264 e. The maximum Gasteiger partial charge on any atom is 0.264 e. The van der Waals surface area contributed by atoms with Crippen LogP contribution in [-0.4, -0.2) is 18.4 Å². The zero-order valence-electron chi connectivity index (χ0n) is 6.54. The van der Waals surface area contributed by atoms with Crippen LogP contribution in [0.2, 0.25) is 0 Å². The molecular weight excluding hydrogens is 158 g/mol. The van der Waals surface area contributed by atoms with Crippen LogP contribution in [-0.2, 0) is 9.59 Å². The van der Waals surface area contributed by atoms with Gasteiger partial charge in [0.15, 0.2) is 0 Å². The molecule has 12 heavy (non-hydrogen) atoms. The second-order valence-corrected chi connectivity index (χ2v) is 2.67. The number of nitrogens with two attached hydrogens (primary N) is 2. The standard InChI is InChI=1S/C7H11N3O2/c8-5(6(9)11)3-4-1-2-10-7(4)12/h3-4H,1-2,8H2,(H2,9,11)(H,10,12)/t4-/m0/s1. The van der Waals surface area contributed by atoms with Gasteiger partial charge in [-0.3, -0.25) is 9.59 Å². The third-order valence-corrected chi connectivity index (χ3v) is 1.76. The molecule has 5 N–H and O–H groups in total. The molecule has 0 aromatic heterocycles. The number of hydrogen-bond donors (Lipinski definition) is 3. The number of rotatable bonds is 2. The molecule has 0 bridgehead atoms. The minimum atomic E-state index is -0.685. The van der Waals surface area contributed by atoms with Crippen molar-refractivity contribution in [3.05, 3.63) is 11.8 Å². The summed E-state index contributed by atoms with van der Waals surface area (Å²) in [5.41, 5.74) is 10.1. The van der Waals surface area contributed by atoms with Crippen LogP contribution >= 0.6 is 0 Å². The van der Waals surface area contributed by atoms with Crippen molar-refractivity contribution in [3.63, 3.8) is 0 Å². The van der Waals surface area contributed by atoms with Crippen molar-refractivity contribution >= 4 is 11.8 Å². The zero-order chi connectivity index (χ0) is 9.14. The number of nitrogens with one attached hydrogen (secondary N) is 1. The molecule has 2 amide bonds. The molecule has 0 aromatic rings. The lowest BCUT2D eigenvalue weighted by atomic mass is 10.1. The molecule has 1 heterocycles. The first kappa shape index (κ1) is 8.58. The topological polar surface area (TPSA) is 98.2 Å². The largest absolute Gasteiger partial charge is 0.395 e. The van der Waals surface area contributed by atoms with Crippen LogP contribution in [0.1, 0.15) is 6.42 Å². The van der Waals surface area contributed by atoms with Crippen LogP contribution < -0.4 is 16.8 Å². The summed E-state index contributed by atoms with van der Waals surface area (Å²) in [6.45, 7) is 0.631. The van der Waals surface area contributed by atoms with Crippen molar-refractivity contribution in [2.45, 2.75) is 6.42 Å². The van der Waals surface area contributed by atoms with Gasteiger partial charge in [0.05, 0.1) is 11.6 Å². The van der Waals surface area contributed by atoms with E-state index in [1.165, 1.54) is 6.08 Å². The Bertz CT molecular complexity index is 247. The molecule has 1 fully saturated rings. The molecule has 1 aliphatic rings. The van der Waals surface area contributed by atoms with Crippen molar-refractivity contribution < 1.29 is 9.59 Å². The monoisotopic (exact) mass is 169 g/mol. The van der Waals surface area contributed by atoms with Crippen molar-refractivity contribution in [3.8, 4) is 0 Å². The summed E-state index contributed by atoms with van der Waals surface area (Å²) >= 11 is 0. The highest BCUT2D eigenvalue weighted by molar-refractivity contribution is 5.92. The van der Waals surface area contributed by atoms with Crippen LogP contribution in [0.4, 0.5) is 0 Å². The van der Waals surface area contributed by atoms with E-state index in [9.17, 15) is 9.59 Å². The molecule has 66 valence electrons. The Morgan fingerprint density at radius 2 is 2.25 bits per heavy atom. The molecule has 1 rings (SSSR count). The molecule has 1 saturated heterocycles. The van der Waals surface area contributed by atoms with Gasteiger partial charge in [-0.2, -0.15) is 0 Å². The maximum atomic E-state index is 11.0. The van der Waals surface area contributed by atoms with E-state index in [0.29, 0.717) is 13.0 Å². The molecule has 0 radical (unpaired) electrons. The van der Waals surface area contributed by atoms with Gasteiger partial charge in [-0.15, -0.1) is 0 Å². The summed E-state index contributed by atoms with van der Waals surface area (Å²) in [5, 5.41) is 2.62. The SMILES string of the molecule is NC(=O)C(N)=C[C@@H]1CCNC1=O. The number of hydrogen-bond acceptors (Lipinski definition) is 3. The van der Waals surface area contributed by atoms with Crippen LogP contribution in [0, 0.1) is 5.92 Å². The van der Waals surface area contributed by atoms with Gasteiger partial charge in [0.2, 0.25) is 5.91 Å². The van der Waals surface area contributed by atoms with E-state index in [4.69, 9.17) is 11.5 Å². The molecule has 0 unspecified atom stereocenters. The second kappa shape index (κ2) is 3.25. The highest BCUT2D eigenvalue weighted by Crippen LogP contribution is 2.11. The third kappa shape index (κ3) is 1.75. The molecule has 1 aliphatic heterocycles. The Hall–Kier alpha value is -1.52. The number of primary amides is 1.